The van der Waals surface area contributed by atoms with Gasteiger partial charge in [-0.05, 0) is 13.0 Å². The number of rotatable bonds is 3. The number of nitrogens with two attached hydrogens (primary N) is 1. The summed E-state index contributed by atoms with van der Waals surface area (Å²) in [5, 5.41) is 0. The zero-order chi connectivity index (χ0) is 10.8. The molecule has 5 nitrogen and oxygen atoms in total. The maximum absolute atomic E-state index is 5.65. The fraction of sp³-hybridized carbons (Fsp3) is 0.400. The van der Waals surface area contributed by atoms with E-state index in [1.54, 1.807) is 13.3 Å². The van der Waals surface area contributed by atoms with E-state index in [0.29, 0.717) is 12.3 Å². The molecular formula is C10H14N4O. The minimum absolute atomic E-state index is 0.638. The van der Waals surface area contributed by atoms with Gasteiger partial charge in [0.15, 0.2) is 5.65 Å². The number of anilines is 1. The van der Waals surface area contributed by atoms with Crippen LogP contribution in [0, 0.1) is 6.92 Å². The number of aryl methyl sites for hydroxylation is 1. The van der Waals surface area contributed by atoms with E-state index < -0.39 is 0 Å². The van der Waals surface area contributed by atoms with Crippen molar-refractivity contribution in [3.05, 3.63) is 18.1 Å². The van der Waals surface area contributed by atoms with E-state index >= 15 is 0 Å². The third-order valence-corrected chi connectivity index (χ3v) is 2.32. The van der Waals surface area contributed by atoms with Crippen molar-refractivity contribution in [3.63, 3.8) is 0 Å². The molecule has 2 rings (SSSR count). The van der Waals surface area contributed by atoms with E-state index in [1.165, 1.54) is 0 Å². The van der Waals surface area contributed by atoms with Gasteiger partial charge in [0.05, 0.1) is 18.5 Å². The highest BCUT2D eigenvalue weighted by molar-refractivity contribution is 5.74. The summed E-state index contributed by atoms with van der Waals surface area (Å²) < 4.78 is 7.07. The summed E-state index contributed by atoms with van der Waals surface area (Å²) >= 11 is 0. The van der Waals surface area contributed by atoms with E-state index in [0.717, 1.165) is 23.5 Å². The summed E-state index contributed by atoms with van der Waals surface area (Å²) in [5.41, 5.74) is 7.98. The first-order valence-corrected chi connectivity index (χ1v) is 4.79. The van der Waals surface area contributed by atoms with Gasteiger partial charge in [-0.15, -0.1) is 0 Å². The zero-order valence-electron chi connectivity index (χ0n) is 8.90. The Labute approximate surface area is 87.9 Å². The molecule has 2 aromatic rings. The highest BCUT2D eigenvalue weighted by Crippen LogP contribution is 2.15. The molecule has 0 aliphatic heterocycles. The molecule has 2 N–H and O–H groups in total. The molecule has 0 bridgehead atoms. The maximum atomic E-state index is 5.65. The van der Waals surface area contributed by atoms with Crippen molar-refractivity contribution >= 4 is 16.9 Å². The van der Waals surface area contributed by atoms with E-state index in [9.17, 15) is 0 Å². The lowest BCUT2D eigenvalue weighted by Gasteiger charge is -2.04. The minimum atomic E-state index is 0.638. The Morgan fingerprint density at radius 2 is 2.33 bits per heavy atom. The molecule has 5 heteroatoms. The van der Waals surface area contributed by atoms with Gasteiger partial charge in [-0.2, -0.15) is 0 Å². The molecule has 0 radical (unpaired) electrons. The van der Waals surface area contributed by atoms with Gasteiger partial charge in [0.25, 0.3) is 0 Å². The first-order valence-electron chi connectivity index (χ1n) is 4.79. The Morgan fingerprint density at radius 1 is 1.53 bits per heavy atom. The molecule has 0 amide bonds. The average Bonchev–Trinajstić information content (AvgIpc) is 2.50. The van der Waals surface area contributed by atoms with E-state index in [1.807, 2.05) is 17.6 Å². The van der Waals surface area contributed by atoms with E-state index in [2.05, 4.69) is 9.97 Å². The lowest BCUT2D eigenvalue weighted by atomic mass is 10.4. The molecule has 0 saturated carbocycles. The van der Waals surface area contributed by atoms with E-state index in [-0.39, 0.29) is 0 Å². The molecule has 0 aliphatic carbocycles. The lowest BCUT2D eigenvalue weighted by Crippen LogP contribution is -2.06. The zero-order valence-corrected chi connectivity index (χ0v) is 8.90. The van der Waals surface area contributed by atoms with Crippen LogP contribution in [-0.4, -0.2) is 28.3 Å². The van der Waals surface area contributed by atoms with Crippen molar-refractivity contribution in [1.82, 2.24) is 14.5 Å². The highest BCUT2D eigenvalue weighted by atomic mass is 16.5. The molecule has 0 unspecified atom stereocenters. The van der Waals surface area contributed by atoms with Crippen LogP contribution in [0.5, 0.6) is 0 Å². The first-order chi connectivity index (χ1) is 7.22. The Bertz CT molecular complexity index is 477. The molecule has 15 heavy (non-hydrogen) atoms. The predicted molar refractivity (Wildman–Crippen MR) is 58.6 cm³/mol. The van der Waals surface area contributed by atoms with Gasteiger partial charge < -0.3 is 15.0 Å². The number of hydrogen-bond donors (Lipinski definition) is 1. The first kappa shape index (κ1) is 9.92. The fourth-order valence-electron chi connectivity index (χ4n) is 1.59. The molecule has 0 aromatic carbocycles. The molecule has 0 spiro atoms. The van der Waals surface area contributed by atoms with Crippen LogP contribution in [0.15, 0.2) is 12.3 Å². The third-order valence-electron chi connectivity index (χ3n) is 2.32. The topological polar surface area (TPSA) is 66.0 Å². The molecule has 0 fully saturated rings. The number of pyridine rings is 1. The molecule has 2 heterocycles. The minimum Gasteiger partial charge on any atom is -0.397 e. The molecule has 0 saturated heterocycles. The SMILES string of the molecule is COCCn1c(C)nc2cc(N)cnc21. The number of ether oxygens (including phenoxy) is 1. The number of nitrogen functional groups attached to an aromatic ring is 1. The van der Waals surface area contributed by atoms with Gasteiger partial charge in [0.1, 0.15) is 11.3 Å². The number of aromatic nitrogens is 3. The summed E-state index contributed by atoms with van der Waals surface area (Å²) in [4.78, 5) is 8.67. The Balaban J connectivity index is 2.48. The van der Waals surface area contributed by atoms with Crippen LogP contribution in [0.2, 0.25) is 0 Å². The smallest absolute Gasteiger partial charge is 0.160 e. The molecular weight excluding hydrogens is 192 g/mol. The van der Waals surface area contributed by atoms with Crippen molar-refractivity contribution < 1.29 is 4.74 Å². The Kier molecular flexibility index (Phi) is 2.55. The number of fused-ring (bicyclic) bond motifs is 1. The van der Waals surface area contributed by atoms with Gasteiger partial charge in [-0.1, -0.05) is 0 Å². The Hall–Kier alpha value is -1.62. The largest absolute Gasteiger partial charge is 0.397 e. The van der Waals surface area contributed by atoms with Gasteiger partial charge in [0.2, 0.25) is 0 Å². The van der Waals surface area contributed by atoms with Crippen molar-refractivity contribution in [1.29, 1.82) is 0 Å². The average molecular weight is 206 g/mol. The van der Waals surface area contributed by atoms with Crippen molar-refractivity contribution in [3.8, 4) is 0 Å². The van der Waals surface area contributed by atoms with Gasteiger partial charge in [-0.25, -0.2) is 9.97 Å². The summed E-state index contributed by atoms with van der Waals surface area (Å²) in [7, 11) is 1.68. The van der Waals surface area contributed by atoms with Crippen LogP contribution in [0.4, 0.5) is 5.69 Å². The van der Waals surface area contributed by atoms with Gasteiger partial charge in [-0.3, -0.25) is 0 Å². The molecule has 2 aromatic heterocycles. The summed E-state index contributed by atoms with van der Waals surface area (Å²) in [6, 6.07) is 1.83. The Morgan fingerprint density at radius 3 is 3.07 bits per heavy atom. The van der Waals surface area contributed by atoms with Gasteiger partial charge >= 0.3 is 0 Å². The summed E-state index contributed by atoms with van der Waals surface area (Å²) in [6.45, 7) is 3.36. The van der Waals surface area contributed by atoms with Crippen LogP contribution >= 0.6 is 0 Å². The summed E-state index contributed by atoms with van der Waals surface area (Å²) in [5.74, 6) is 0.931. The van der Waals surface area contributed by atoms with Gasteiger partial charge in [0, 0.05) is 13.7 Å². The number of imidazole rings is 1. The van der Waals surface area contributed by atoms with Crippen LogP contribution in [0.25, 0.3) is 11.2 Å². The molecule has 80 valence electrons. The fourth-order valence-corrected chi connectivity index (χ4v) is 1.59. The standard InChI is InChI=1S/C10H14N4O/c1-7-13-9-5-8(11)6-12-10(9)14(7)3-4-15-2/h5-6H,3-4,11H2,1-2H3. The van der Waals surface area contributed by atoms with Crippen LogP contribution in [0.3, 0.4) is 0 Å². The quantitative estimate of drug-likeness (QED) is 0.812. The third kappa shape index (κ3) is 1.78. The highest BCUT2D eigenvalue weighted by Gasteiger charge is 2.07. The van der Waals surface area contributed by atoms with Crippen molar-refractivity contribution in [2.24, 2.45) is 0 Å². The van der Waals surface area contributed by atoms with Crippen molar-refractivity contribution in [2.75, 3.05) is 19.5 Å². The number of methoxy groups -OCH3 is 1. The normalized spacial score (nSPS) is 11.1. The summed E-state index contributed by atoms with van der Waals surface area (Å²) in [6.07, 6.45) is 1.65. The second-order valence-electron chi connectivity index (χ2n) is 3.41. The lowest BCUT2D eigenvalue weighted by molar-refractivity contribution is 0.187. The monoisotopic (exact) mass is 206 g/mol. The maximum Gasteiger partial charge on any atom is 0.160 e. The second kappa shape index (κ2) is 3.86. The number of hydrogen-bond acceptors (Lipinski definition) is 4. The number of nitrogens with zero attached hydrogens (tertiary/aromatic N) is 3. The second-order valence-corrected chi connectivity index (χ2v) is 3.41. The van der Waals surface area contributed by atoms with Crippen LogP contribution < -0.4 is 5.73 Å². The van der Waals surface area contributed by atoms with E-state index in [4.69, 9.17) is 10.5 Å². The van der Waals surface area contributed by atoms with Crippen LogP contribution in [-0.2, 0) is 11.3 Å². The predicted octanol–water partition coefficient (Wildman–Crippen LogP) is 0.968. The van der Waals surface area contributed by atoms with Crippen molar-refractivity contribution in [2.45, 2.75) is 13.5 Å². The van der Waals surface area contributed by atoms with Crippen LogP contribution in [0.1, 0.15) is 5.82 Å². The molecule has 0 aliphatic rings. The molecule has 0 atom stereocenters.